The number of amides is 1. The Bertz CT molecular complexity index is 1350. The highest BCUT2D eigenvalue weighted by Gasteiger charge is 2.55. The van der Waals surface area contributed by atoms with E-state index >= 15 is 0 Å². The second kappa shape index (κ2) is 10.0. The third-order valence-electron chi connectivity index (χ3n) is 8.17. The molecule has 6 rings (SSSR count). The number of carbonyl (C=O) groups excluding carboxylic acids is 1. The van der Waals surface area contributed by atoms with Gasteiger partial charge in [-0.3, -0.25) is 14.5 Å². The van der Waals surface area contributed by atoms with Crippen LogP contribution in [0.2, 0.25) is 0 Å². The number of nitrogens with zero attached hydrogens (tertiary/aromatic N) is 4. The van der Waals surface area contributed by atoms with Gasteiger partial charge in [0.2, 0.25) is 5.91 Å². The largest absolute Gasteiger partial charge is 0.396 e. The highest BCUT2D eigenvalue weighted by Crippen LogP contribution is 2.49. The molecule has 0 radical (unpaired) electrons. The van der Waals surface area contributed by atoms with E-state index in [0.29, 0.717) is 18.7 Å². The Morgan fingerprint density at radius 1 is 1.08 bits per heavy atom. The molecule has 190 valence electrons. The van der Waals surface area contributed by atoms with Crippen LogP contribution in [0.3, 0.4) is 0 Å². The Balaban J connectivity index is 1.35. The molecular weight excluding hydrogens is 466 g/mol. The molecule has 3 aliphatic rings. The molecule has 1 aromatic carbocycles. The van der Waals surface area contributed by atoms with Crippen LogP contribution in [0.1, 0.15) is 47.7 Å². The van der Waals surface area contributed by atoms with Crippen molar-refractivity contribution in [1.29, 1.82) is 0 Å². The molecule has 1 amide bonds. The van der Waals surface area contributed by atoms with Gasteiger partial charge >= 0.3 is 0 Å². The predicted molar refractivity (Wildman–Crippen MR) is 140 cm³/mol. The number of likely N-dealkylation sites (tertiary alicyclic amines) is 1. The fraction of sp³-hybridized carbons (Fsp3) is 0.379. The second-order valence-electron chi connectivity index (χ2n) is 10.3. The minimum Gasteiger partial charge on any atom is -0.396 e. The van der Waals surface area contributed by atoms with E-state index in [1.807, 2.05) is 59.2 Å². The molecule has 8 heteroatoms. The molecule has 2 aliphatic heterocycles. The molecule has 0 unspecified atom stereocenters. The first-order chi connectivity index (χ1) is 18.1. The van der Waals surface area contributed by atoms with E-state index < -0.39 is 6.04 Å². The minimum absolute atomic E-state index is 0.0358. The number of pyridine rings is 1. The van der Waals surface area contributed by atoms with Crippen LogP contribution in [0, 0.1) is 11.8 Å². The van der Waals surface area contributed by atoms with Gasteiger partial charge in [0, 0.05) is 66.8 Å². The summed E-state index contributed by atoms with van der Waals surface area (Å²) in [6.45, 7) is 0.826. The van der Waals surface area contributed by atoms with E-state index in [9.17, 15) is 14.7 Å². The first-order valence-electron chi connectivity index (χ1n) is 13.0. The van der Waals surface area contributed by atoms with Crippen LogP contribution in [-0.4, -0.2) is 49.1 Å². The summed E-state index contributed by atoms with van der Waals surface area (Å²) in [4.78, 5) is 37.5. The highest BCUT2D eigenvalue weighted by atomic mass is 16.3. The lowest BCUT2D eigenvalue weighted by Crippen LogP contribution is -2.52. The normalized spacial score (nSPS) is 25.1. The van der Waals surface area contributed by atoms with Gasteiger partial charge in [-0.25, -0.2) is 9.97 Å². The minimum atomic E-state index is -0.484. The highest BCUT2D eigenvalue weighted by molar-refractivity contribution is 5.83. The van der Waals surface area contributed by atoms with Crippen molar-refractivity contribution in [3.8, 4) is 0 Å². The van der Waals surface area contributed by atoms with Crippen molar-refractivity contribution in [1.82, 2.24) is 24.8 Å². The van der Waals surface area contributed by atoms with Gasteiger partial charge in [-0.05, 0) is 43.0 Å². The van der Waals surface area contributed by atoms with Gasteiger partial charge in [0.15, 0.2) is 0 Å². The molecule has 0 bridgehead atoms. The van der Waals surface area contributed by atoms with E-state index in [1.54, 1.807) is 12.4 Å². The third-order valence-corrected chi connectivity index (χ3v) is 8.17. The number of rotatable bonds is 7. The number of benzene rings is 1. The summed E-state index contributed by atoms with van der Waals surface area (Å²) in [5.41, 5.74) is 3.39. The summed E-state index contributed by atoms with van der Waals surface area (Å²) in [7, 11) is 0. The maximum atomic E-state index is 13.5. The predicted octanol–water partition coefficient (Wildman–Crippen LogP) is 2.64. The number of aromatic nitrogens is 3. The molecule has 37 heavy (non-hydrogen) atoms. The second-order valence-corrected chi connectivity index (χ2v) is 10.3. The number of nitrogens with one attached hydrogen (secondary N) is 1. The molecule has 8 nitrogen and oxygen atoms in total. The van der Waals surface area contributed by atoms with Crippen LogP contribution in [-0.2, 0) is 17.9 Å². The molecule has 2 N–H and O–H groups in total. The Kier molecular flexibility index (Phi) is 6.44. The maximum absolute atomic E-state index is 13.5. The average molecular weight is 498 g/mol. The number of fused-ring (bicyclic) bond motifs is 3. The van der Waals surface area contributed by atoms with Crippen LogP contribution in [0.25, 0.3) is 12.2 Å². The van der Waals surface area contributed by atoms with E-state index in [2.05, 4.69) is 20.2 Å². The van der Waals surface area contributed by atoms with Crippen molar-refractivity contribution in [3.63, 3.8) is 0 Å². The van der Waals surface area contributed by atoms with Crippen LogP contribution >= 0.6 is 0 Å². The van der Waals surface area contributed by atoms with E-state index in [-0.39, 0.29) is 42.0 Å². The van der Waals surface area contributed by atoms with Gasteiger partial charge < -0.3 is 15.0 Å². The molecule has 0 spiro atoms. The lowest BCUT2D eigenvalue weighted by molar-refractivity contribution is -0.129. The molecule has 1 saturated heterocycles. The summed E-state index contributed by atoms with van der Waals surface area (Å²) >= 11 is 0. The molecule has 1 saturated carbocycles. The Hall–Kier alpha value is -3.62. The summed E-state index contributed by atoms with van der Waals surface area (Å²) in [6.07, 6.45) is 11.9. The number of carbonyl (C=O) groups is 1. The quantitative estimate of drug-likeness (QED) is 0.521. The van der Waals surface area contributed by atoms with Gasteiger partial charge in [0.05, 0.1) is 12.1 Å². The standard InChI is InChI=1S/C29H31N5O3/c35-17-24-23-16-33-25(12-11-21(29(33)37)10-9-19-5-2-1-3-6-19)26(23)34(15-20-13-30-18-31-14-20)27(24)28(36)32-22-7-4-8-22/h1-3,5-6,9-14,18,22-24,26-27,35H,4,7-8,15-17H2,(H,32,36)/b10-9+/t23-,24-,26+,27-/m1/s1. The van der Waals surface area contributed by atoms with Crippen molar-refractivity contribution in [3.05, 3.63) is 93.9 Å². The van der Waals surface area contributed by atoms with Gasteiger partial charge in [-0.15, -0.1) is 0 Å². The topological polar surface area (TPSA) is 100 Å². The van der Waals surface area contributed by atoms with Crippen LogP contribution in [0.5, 0.6) is 0 Å². The summed E-state index contributed by atoms with van der Waals surface area (Å²) < 4.78 is 1.83. The molecular formula is C29H31N5O3. The Morgan fingerprint density at radius 2 is 1.86 bits per heavy atom. The number of aliphatic hydroxyl groups is 1. The van der Waals surface area contributed by atoms with Crippen LogP contribution < -0.4 is 10.9 Å². The lowest BCUT2D eigenvalue weighted by atomic mass is 9.87. The summed E-state index contributed by atoms with van der Waals surface area (Å²) in [6, 6.07) is 13.3. The summed E-state index contributed by atoms with van der Waals surface area (Å²) in [5.74, 6) is -0.364. The smallest absolute Gasteiger partial charge is 0.258 e. The van der Waals surface area contributed by atoms with E-state index in [4.69, 9.17) is 0 Å². The molecule has 1 aliphatic carbocycles. The van der Waals surface area contributed by atoms with Crippen molar-refractivity contribution < 1.29 is 9.90 Å². The zero-order valence-corrected chi connectivity index (χ0v) is 20.6. The van der Waals surface area contributed by atoms with Crippen LogP contribution in [0.15, 0.2) is 66.0 Å². The number of hydrogen-bond donors (Lipinski definition) is 2. The molecule has 2 aromatic heterocycles. The number of aliphatic hydroxyl groups excluding tert-OH is 1. The SMILES string of the molecule is O=C(NC1CCC1)[C@H]1[C@H](CO)[C@H]2Cn3c(ccc(/C=C/c4ccccc4)c3=O)[C@H]2N1Cc1cncnc1. The monoisotopic (exact) mass is 497 g/mol. The van der Waals surface area contributed by atoms with E-state index in [1.165, 1.54) is 6.33 Å². The Morgan fingerprint density at radius 3 is 2.57 bits per heavy atom. The molecule has 4 heterocycles. The first-order valence-corrected chi connectivity index (χ1v) is 13.0. The Labute approximate surface area is 215 Å². The van der Waals surface area contributed by atoms with Gasteiger partial charge in [0.25, 0.3) is 5.56 Å². The van der Waals surface area contributed by atoms with Crippen molar-refractivity contribution in [2.45, 2.75) is 50.5 Å². The molecule has 4 atom stereocenters. The maximum Gasteiger partial charge on any atom is 0.258 e. The van der Waals surface area contributed by atoms with Gasteiger partial charge in [0.1, 0.15) is 6.33 Å². The van der Waals surface area contributed by atoms with Gasteiger partial charge in [-0.1, -0.05) is 36.4 Å². The van der Waals surface area contributed by atoms with Gasteiger partial charge in [-0.2, -0.15) is 0 Å². The molecule has 3 aromatic rings. The lowest BCUT2D eigenvalue weighted by Gasteiger charge is -2.34. The van der Waals surface area contributed by atoms with Crippen molar-refractivity contribution >= 4 is 18.1 Å². The fourth-order valence-corrected chi connectivity index (χ4v) is 6.14. The third kappa shape index (κ3) is 4.40. The van der Waals surface area contributed by atoms with E-state index in [0.717, 1.165) is 36.1 Å². The zero-order valence-electron chi connectivity index (χ0n) is 20.6. The average Bonchev–Trinajstić information content (AvgIpc) is 3.42. The molecule has 2 fully saturated rings. The van der Waals surface area contributed by atoms with Crippen LogP contribution in [0.4, 0.5) is 0 Å². The number of hydrogen-bond acceptors (Lipinski definition) is 6. The van der Waals surface area contributed by atoms with Crippen molar-refractivity contribution in [2.24, 2.45) is 11.8 Å². The van der Waals surface area contributed by atoms with Crippen molar-refractivity contribution in [2.75, 3.05) is 6.61 Å². The zero-order chi connectivity index (χ0) is 25.4. The fourth-order valence-electron chi connectivity index (χ4n) is 6.14. The summed E-state index contributed by atoms with van der Waals surface area (Å²) in [5, 5.41) is 13.7. The first kappa shape index (κ1) is 23.8.